The van der Waals surface area contributed by atoms with Gasteiger partial charge >= 0.3 is 3.98 Å². The zero-order valence-electron chi connectivity index (χ0n) is 12.4. The average molecular weight is 632 g/mol. The summed E-state index contributed by atoms with van der Waals surface area (Å²) in [6.07, 6.45) is 0. The summed E-state index contributed by atoms with van der Waals surface area (Å²) in [5, 5.41) is 12.4. The molecule has 1 N–H and O–H groups in total. The molecule has 1 fully saturated rings. The predicted molar refractivity (Wildman–Crippen MR) is 101 cm³/mol. The van der Waals surface area contributed by atoms with Gasteiger partial charge in [0.25, 0.3) is 0 Å². The van der Waals surface area contributed by atoms with Crippen LogP contribution in [-0.4, -0.2) is 31.4 Å². The van der Waals surface area contributed by atoms with Crippen LogP contribution in [0.15, 0.2) is 17.5 Å². The Morgan fingerprint density at radius 2 is 1.72 bits per heavy atom. The highest BCUT2D eigenvalue weighted by molar-refractivity contribution is 14.1. The van der Waals surface area contributed by atoms with E-state index in [-0.39, 0.29) is 0 Å². The molecule has 25 heavy (non-hydrogen) atoms. The number of ether oxygens (including phenoxy) is 1. The summed E-state index contributed by atoms with van der Waals surface area (Å²) in [7, 11) is -4.94. The van der Waals surface area contributed by atoms with Crippen LogP contribution >= 0.6 is 67.9 Å². The highest BCUT2D eigenvalue weighted by Crippen LogP contribution is 2.36. The van der Waals surface area contributed by atoms with Gasteiger partial charge in [0, 0.05) is 14.5 Å². The number of phenolic OH excluding ortho intramolecular Hbond substituents is 1. The van der Waals surface area contributed by atoms with E-state index in [1.807, 2.05) is 12.1 Å². The highest BCUT2D eigenvalue weighted by Gasteiger charge is 2.16. The van der Waals surface area contributed by atoms with Crippen molar-refractivity contribution in [2.45, 2.75) is 0 Å². The van der Waals surface area contributed by atoms with Crippen LogP contribution in [0, 0.1) is 17.4 Å². The van der Waals surface area contributed by atoms with Gasteiger partial charge in [0.1, 0.15) is 19.0 Å². The molecule has 1 aliphatic heterocycles. The summed E-state index contributed by atoms with van der Waals surface area (Å²) in [5.74, 6) is 0.383. The summed E-state index contributed by atoms with van der Waals surface area (Å²) in [6, 6.07) is 4.03. The molecule has 0 spiro atoms. The second kappa shape index (κ2) is 9.57. The van der Waals surface area contributed by atoms with Crippen LogP contribution in [0.2, 0.25) is 0 Å². The third-order valence-electron chi connectivity index (χ3n) is 3.03. The molecule has 0 aliphatic carbocycles. The van der Waals surface area contributed by atoms with Crippen molar-refractivity contribution in [2.75, 3.05) is 26.3 Å². The fraction of sp³-hybridized carbons (Fsp3) is 0.308. The number of rotatable bonds is 1. The molecule has 1 aromatic carbocycles. The van der Waals surface area contributed by atoms with Crippen molar-refractivity contribution < 1.29 is 38.7 Å². The van der Waals surface area contributed by atoms with Crippen LogP contribution in [0.25, 0.3) is 10.4 Å². The van der Waals surface area contributed by atoms with E-state index in [1.165, 1.54) is 3.98 Å². The van der Waals surface area contributed by atoms with Gasteiger partial charge in [-0.2, -0.15) is 0 Å². The third kappa shape index (κ3) is 7.15. The first-order valence-corrected chi connectivity index (χ1v) is 11.8. The normalized spacial score (nSPS) is 14.9. The van der Waals surface area contributed by atoms with E-state index in [2.05, 4.69) is 55.1 Å². The van der Waals surface area contributed by atoms with Gasteiger partial charge in [-0.05, 0) is 57.3 Å². The van der Waals surface area contributed by atoms with Gasteiger partial charge in [-0.25, -0.2) is 23.2 Å². The molecule has 0 atom stereocenters. The molecule has 1 saturated heterocycles. The number of hydrogen-bond donors (Lipinski definition) is 1. The van der Waals surface area contributed by atoms with Crippen molar-refractivity contribution in [2.24, 2.45) is 0 Å². The van der Waals surface area contributed by atoms with E-state index in [1.54, 1.807) is 22.7 Å². The van der Waals surface area contributed by atoms with Gasteiger partial charge in [0.2, 0.25) is 0 Å². The van der Waals surface area contributed by atoms with Crippen LogP contribution in [-0.2, 0) is 4.74 Å². The second-order valence-corrected chi connectivity index (χ2v) is 10.0. The van der Waals surface area contributed by atoms with Crippen LogP contribution in [0.5, 0.6) is 5.75 Å². The van der Waals surface area contributed by atoms with E-state index >= 15 is 0 Å². The number of aromatic hydroxyl groups is 1. The highest BCUT2D eigenvalue weighted by atomic mass is 127. The molecule has 1 aromatic heterocycles. The first-order chi connectivity index (χ1) is 11.6. The van der Waals surface area contributed by atoms with Crippen molar-refractivity contribution in [3.05, 3.63) is 28.6 Å². The Kier molecular flexibility index (Phi) is 8.31. The van der Waals surface area contributed by atoms with Gasteiger partial charge in [-0.1, -0.05) is 22.7 Å². The average Bonchev–Trinajstić information content (AvgIpc) is 3.00. The standard InChI is InChI=1S/C13H11I2NO2S2.ClHO4/c14-8-5-9(12(17)10(15)6-8)11-7-19-13(20-11)16-1-3-18-4-2-16;2-1(3,4)5/h5-7H,1-4H2;(H,2,3,4,5). The van der Waals surface area contributed by atoms with Crippen LogP contribution in [0.1, 0.15) is 0 Å². The van der Waals surface area contributed by atoms with E-state index in [4.69, 9.17) is 23.4 Å². The quantitative estimate of drug-likeness (QED) is 0.300. The molecule has 0 saturated carbocycles. The molecule has 12 heteroatoms. The molecule has 138 valence electrons. The predicted octanol–water partition coefficient (Wildman–Crippen LogP) is -1.56. The molecule has 2 aromatic rings. The van der Waals surface area contributed by atoms with Gasteiger partial charge in [0.15, 0.2) is 13.1 Å². The zero-order chi connectivity index (χ0) is 18.6. The maximum atomic E-state index is 10.3. The maximum absolute atomic E-state index is 10.3. The fourth-order valence-electron chi connectivity index (χ4n) is 2.00. The van der Waals surface area contributed by atoms with E-state index < -0.39 is 10.2 Å². The van der Waals surface area contributed by atoms with Crippen molar-refractivity contribution >= 4 is 67.9 Å². The minimum atomic E-state index is -4.94. The summed E-state index contributed by atoms with van der Waals surface area (Å²) in [4.78, 5) is 1.13. The second-order valence-electron chi connectivity index (χ2n) is 4.73. The lowest BCUT2D eigenvalue weighted by Crippen LogP contribution is -2.68. The molecular formula is C13H12ClI2NO6S2. The third-order valence-corrected chi connectivity index (χ3v) is 6.96. The fourth-order valence-corrected chi connectivity index (χ4v) is 6.22. The van der Waals surface area contributed by atoms with E-state index in [0.29, 0.717) is 5.75 Å². The minimum absolute atomic E-state index is 0.383. The SMILES string of the molecule is Oc1c(I)cc(I)cc1-c1csc(=[N+]2CCOCC2)s1.[O-][Cl+3]([O-])([O-])[O-]. The summed E-state index contributed by atoms with van der Waals surface area (Å²) < 4.78 is 45.1. The van der Waals surface area contributed by atoms with Crippen molar-refractivity contribution in [3.63, 3.8) is 0 Å². The van der Waals surface area contributed by atoms with Gasteiger partial charge in [-0.3, -0.25) is 0 Å². The number of benzene rings is 1. The van der Waals surface area contributed by atoms with Gasteiger partial charge in [-0.15, -0.1) is 10.2 Å². The lowest BCUT2D eigenvalue weighted by Gasteiger charge is -2.17. The number of phenols is 1. The summed E-state index contributed by atoms with van der Waals surface area (Å²) >= 11 is 7.96. The lowest BCUT2D eigenvalue weighted by molar-refractivity contribution is -2.00. The monoisotopic (exact) mass is 631 g/mol. The number of morpholine rings is 1. The zero-order valence-corrected chi connectivity index (χ0v) is 19.2. The van der Waals surface area contributed by atoms with Gasteiger partial charge in [0.05, 0.1) is 8.45 Å². The molecular weight excluding hydrogens is 620 g/mol. The number of hydrogen-bond acceptors (Lipinski definition) is 8. The van der Waals surface area contributed by atoms with E-state index in [9.17, 15) is 5.11 Å². The van der Waals surface area contributed by atoms with Crippen LogP contribution in [0.3, 0.4) is 0 Å². The first kappa shape index (κ1) is 21.7. The minimum Gasteiger partial charge on any atom is -0.506 e. The Hall–Kier alpha value is 0.420. The molecule has 0 bridgehead atoms. The lowest BCUT2D eigenvalue weighted by atomic mass is 10.2. The molecule has 7 nitrogen and oxygen atoms in total. The van der Waals surface area contributed by atoms with Crippen molar-refractivity contribution in [1.82, 2.24) is 4.58 Å². The molecule has 0 amide bonds. The Morgan fingerprint density at radius 3 is 2.32 bits per heavy atom. The number of nitrogens with zero attached hydrogens (tertiary/aromatic N) is 1. The molecule has 0 unspecified atom stereocenters. The van der Waals surface area contributed by atoms with E-state index in [0.717, 1.165) is 43.9 Å². The smallest absolute Gasteiger partial charge is 0.314 e. The largest absolute Gasteiger partial charge is 0.506 e. The molecule has 0 radical (unpaired) electrons. The van der Waals surface area contributed by atoms with Crippen molar-refractivity contribution in [3.8, 4) is 16.2 Å². The summed E-state index contributed by atoms with van der Waals surface area (Å²) in [6.45, 7) is 3.50. The topological polar surface area (TPSA) is 125 Å². The summed E-state index contributed by atoms with van der Waals surface area (Å²) in [5.41, 5.74) is 0.932. The molecule has 2 heterocycles. The first-order valence-electron chi connectivity index (χ1n) is 6.69. The molecule has 1 aliphatic rings. The maximum Gasteiger partial charge on any atom is 0.314 e. The Morgan fingerprint density at radius 1 is 1.12 bits per heavy atom. The Bertz CT molecular complexity index is 791. The van der Waals surface area contributed by atoms with Crippen LogP contribution < -0.4 is 27.2 Å². The number of halogens is 3. The van der Waals surface area contributed by atoms with Crippen LogP contribution in [0.4, 0.5) is 0 Å². The van der Waals surface area contributed by atoms with Crippen molar-refractivity contribution in [1.29, 1.82) is 0 Å². The van der Waals surface area contributed by atoms with Gasteiger partial charge < -0.3 is 9.84 Å². The Balaban J connectivity index is 0.000000399. The molecule has 3 rings (SSSR count). The Labute approximate surface area is 180 Å².